The topological polar surface area (TPSA) is 90.9 Å². The minimum absolute atomic E-state index is 0.0159. The van der Waals surface area contributed by atoms with Gasteiger partial charge in [-0.05, 0) is 77.5 Å². The molecule has 4 saturated heterocycles. The van der Waals surface area contributed by atoms with Gasteiger partial charge in [0.2, 0.25) is 5.91 Å². The van der Waals surface area contributed by atoms with E-state index in [1.807, 2.05) is 32.6 Å². The molecule has 0 radical (unpaired) electrons. The Morgan fingerprint density at radius 3 is 2.38 bits per heavy atom. The van der Waals surface area contributed by atoms with Crippen molar-refractivity contribution in [2.45, 2.75) is 77.5 Å². The lowest BCUT2D eigenvalue weighted by molar-refractivity contribution is -0.151. The number of nitrogens with one attached hydrogen (secondary N) is 1. The van der Waals surface area contributed by atoms with Crippen molar-refractivity contribution in [3.63, 3.8) is 0 Å². The van der Waals surface area contributed by atoms with Crippen molar-refractivity contribution < 1.29 is 18.7 Å². The van der Waals surface area contributed by atoms with Gasteiger partial charge < -0.3 is 24.8 Å². The van der Waals surface area contributed by atoms with Gasteiger partial charge >= 0.3 is 0 Å². The average Bonchev–Trinajstić information content (AvgIpc) is 2.89. The smallest absolute Gasteiger partial charge is 0.258 e. The van der Waals surface area contributed by atoms with Gasteiger partial charge in [-0.2, -0.15) is 0 Å². The third-order valence-electron chi connectivity index (χ3n) is 9.04. The maximum Gasteiger partial charge on any atom is 0.258 e. The van der Waals surface area contributed by atoms with Crippen LogP contribution in [0.3, 0.4) is 0 Å². The molecule has 1 spiro atoms. The van der Waals surface area contributed by atoms with Crippen LogP contribution < -0.4 is 15.0 Å². The van der Waals surface area contributed by atoms with Crippen molar-refractivity contribution in [3.8, 4) is 11.5 Å². The third-order valence-corrected chi connectivity index (χ3v) is 9.04. The summed E-state index contributed by atoms with van der Waals surface area (Å²) in [5, 5.41) is 3.58. The minimum Gasteiger partial charge on any atom is -0.451 e. The zero-order valence-corrected chi connectivity index (χ0v) is 23.8. The van der Waals surface area contributed by atoms with E-state index < -0.39 is 5.82 Å². The number of piperidine rings is 2. The first kappa shape index (κ1) is 26.9. The van der Waals surface area contributed by atoms with Crippen LogP contribution in [-0.4, -0.2) is 81.9 Å². The third kappa shape index (κ3) is 4.80. The van der Waals surface area contributed by atoms with Crippen LogP contribution in [0.5, 0.6) is 11.5 Å². The van der Waals surface area contributed by atoms with Crippen LogP contribution in [0.25, 0.3) is 0 Å². The molecule has 9 nitrogen and oxygen atoms in total. The summed E-state index contributed by atoms with van der Waals surface area (Å²) in [7, 11) is 0. The molecule has 5 fully saturated rings. The highest BCUT2D eigenvalue weighted by Crippen LogP contribution is 2.45. The number of ether oxygens (including phenoxy) is 1. The summed E-state index contributed by atoms with van der Waals surface area (Å²) >= 11 is 0. The molecule has 1 aliphatic carbocycles. The van der Waals surface area contributed by atoms with Gasteiger partial charge in [0.05, 0.1) is 17.8 Å². The second-order valence-corrected chi connectivity index (χ2v) is 12.7. The van der Waals surface area contributed by atoms with Gasteiger partial charge in [0, 0.05) is 49.7 Å². The number of hydrogen-bond donors (Lipinski definition) is 1. The number of benzene rings is 1. The van der Waals surface area contributed by atoms with Crippen LogP contribution >= 0.6 is 0 Å². The Morgan fingerprint density at radius 1 is 1.05 bits per heavy atom. The van der Waals surface area contributed by atoms with Gasteiger partial charge in [0.25, 0.3) is 5.91 Å². The van der Waals surface area contributed by atoms with E-state index in [-0.39, 0.29) is 46.7 Å². The van der Waals surface area contributed by atoms with E-state index >= 15 is 0 Å². The van der Waals surface area contributed by atoms with Gasteiger partial charge in [0.1, 0.15) is 17.9 Å². The second kappa shape index (κ2) is 10.3. The first-order valence-corrected chi connectivity index (χ1v) is 14.5. The molecule has 7 rings (SSSR count). The normalized spacial score (nSPS) is 24.7. The molecule has 1 N–H and O–H groups in total. The van der Waals surface area contributed by atoms with Crippen LogP contribution in [0, 0.1) is 17.2 Å². The molecule has 2 bridgehead atoms. The summed E-state index contributed by atoms with van der Waals surface area (Å²) in [5.74, 6) is 1.24. The highest BCUT2D eigenvalue weighted by molar-refractivity contribution is 5.97. The highest BCUT2D eigenvalue weighted by Gasteiger charge is 2.55. The molecule has 5 aliphatic rings. The van der Waals surface area contributed by atoms with E-state index in [2.05, 4.69) is 20.2 Å². The Morgan fingerprint density at radius 2 is 1.75 bits per heavy atom. The Bertz CT molecular complexity index is 1270. The molecule has 40 heavy (non-hydrogen) atoms. The molecule has 1 aromatic heterocycles. The summed E-state index contributed by atoms with van der Waals surface area (Å²) in [6.07, 6.45) is 7.75. The van der Waals surface area contributed by atoms with E-state index in [9.17, 15) is 14.0 Å². The van der Waals surface area contributed by atoms with Crippen LogP contribution in [0.1, 0.15) is 63.7 Å². The largest absolute Gasteiger partial charge is 0.451 e. The maximum atomic E-state index is 14.3. The molecule has 214 valence electrons. The molecule has 4 aliphatic heterocycles. The predicted molar refractivity (Wildman–Crippen MR) is 149 cm³/mol. The van der Waals surface area contributed by atoms with Gasteiger partial charge in [0.15, 0.2) is 11.6 Å². The quantitative estimate of drug-likeness (QED) is 0.560. The lowest BCUT2D eigenvalue weighted by Gasteiger charge is -2.61. The van der Waals surface area contributed by atoms with E-state index in [1.54, 1.807) is 11.1 Å². The molecule has 1 saturated carbocycles. The van der Waals surface area contributed by atoms with E-state index in [0.717, 1.165) is 39.0 Å². The summed E-state index contributed by atoms with van der Waals surface area (Å²) in [6.45, 7) is 10.8. The number of carbonyl (C=O) groups is 2. The Kier molecular flexibility index (Phi) is 6.92. The van der Waals surface area contributed by atoms with Crippen LogP contribution in [0.4, 0.5) is 10.2 Å². The number of anilines is 1. The van der Waals surface area contributed by atoms with Crippen LogP contribution in [0.15, 0.2) is 30.7 Å². The number of rotatable bonds is 7. The average molecular weight is 551 g/mol. The Balaban J connectivity index is 1.13. The summed E-state index contributed by atoms with van der Waals surface area (Å²) in [6, 6.07) is 4.36. The molecule has 1 aromatic carbocycles. The Labute approximate surface area is 235 Å². The van der Waals surface area contributed by atoms with E-state index in [1.165, 1.54) is 37.4 Å². The number of halogens is 1. The zero-order valence-electron chi connectivity index (χ0n) is 23.8. The molecular formula is C30H39FN6O3. The molecule has 2 amide bonds. The van der Waals surface area contributed by atoms with Gasteiger partial charge in [-0.25, -0.2) is 14.4 Å². The molecule has 10 heteroatoms. The number of amides is 2. The van der Waals surface area contributed by atoms with Gasteiger partial charge in [-0.3, -0.25) is 9.59 Å². The van der Waals surface area contributed by atoms with Crippen molar-refractivity contribution >= 4 is 17.6 Å². The SMILES string of the molecule is CC(C)N(C(=O)c1cc(F)ccc1Oc1cncnc1N1CC2(CN(C(=O)[C@H]3NC4CCC3CC4)C2)C1)C(C)C. The predicted octanol–water partition coefficient (Wildman–Crippen LogP) is 3.85. The van der Waals surface area contributed by atoms with Crippen LogP contribution in [0.2, 0.25) is 0 Å². The van der Waals surface area contributed by atoms with E-state index in [0.29, 0.717) is 23.5 Å². The highest BCUT2D eigenvalue weighted by atomic mass is 19.1. The first-order chi connectivity index (χ1) is 19.1. The number of carbonyl (C=O) groups excluding carboxylic acids is 2. The number of fused-ring (bicyclic) bond motifs is 3. The zero-order chi connectivity index (χ0) is 28.2. The van der Waals surface area contributed by atoms with Crippen molar-refractivity contribution in [2.75, 3.05) is 31.1 Å². The fourth-order valence-electron chi connectivity index (χ4n) is 7.21. The number of likely N-dealkylation sites (tertiary alicyclic amines) is 1. The molecule has 2 aromatic rings. The van der Waals surface area contributed by atoms with Crippen molar-refractivity contribution in [2.24, 2.45) is 11.3 Å². The molecule has 5 heterocycles. The summed E-state index contributed by atoms with van der Waals surface area (Å²) < 4.78 is 20.5. The molecular weight excluding hydrogens is 511 g/mol. The van der Waals surface area contributed by atoms with Crippen molar-refractivity contribution in [3.05, 3.63) is 42.1 Å². The monoisotopic (exact) mass is 550 g/mol. The summed E-state index contributed by atoms with van der Waals surface area (Å²) in [4.78, 5) is 41.1. The maximum absolute atomic E-state index is 14.3. The molecule has 0 unspecified atom stereocenters. The van der Waals surface area contributed by atoms with Crippen molar-refractivity contribution in [1.82, 2.24) is 25.1 Å². The van der Waals surface area contributed by atoms with Crippen LogP contribution in [-0.2, 0) is 4.79 Å². The number of aromatic nitrogens is 2. The minimum atomic E-state index is -0.502. The van der Waals surface area contributed by atoms with Gasteiger partial charge in [-0.15, -0.1) is 0 Å². The Hall–Kier alpha value is -3.27. The van der Waals surface area contributed by atoms with Gasteiger partial charge in [-0.1, -0.05) is 0 Å². The first-order valence-electron chi connectivity index (χ1n) is 14.5. The fraction of sp³-hybridized carbons (Fsp3) is 0.600. The number of nitrogens with zero attached hydrogens (tertiary/aromatic N) is 5. The van der Waals surface area contributed by atoms with Crippen molar-refractivity contribution in [1.29, 1.82) is 0 Å². The second-order valence-electron chi connectivity index (χ2n) is 12.7. The molecule has 1 atom stereocenters. The standard InChI is InChI=1S/C30H39FN6O3/c1-18(2)37(19(3)4)28(38)23-11-21(31)7-10-24(23)40-25-12-32-17-33-27(25)35-13-30(14-35)15-36(16-30)29(39)26-20-5-8-22(34-26)9-6-20/h7,10-12,17-20,22,26,34H,5-6,8-9,13-16H2,1-4H3/t20?,22?,26-/m0/s1. The summed E-state index contributed by atoms with van der Waals surface area (Å²) in [5.41, 5.74) is 0.230. The number of hydrogen-bond acceptors (Lipinski definition) is 7. The van der Waals surface area contributed by atoms with E-state index in [4.69, 9.17) is 4.74 Å². The lowest BCUT2D eigenvalue weighted by atomic mass is 9.71. The lowest BCUT2D eigenvalue weighted by Crippen LogP contribution is -2.75. The fourth-order valence-corrected chi connectivity index (χ4v) is 7.21.